The van der Waals surface area contributed by atoms with E-state index in [4.69, 9.17) is 26.2 Å². The van der Waals surface area contributed by atoms with Crippen molar-refractivity contribution in [3.63, 3.8) is 0 Å². The third-order valence-electron chi connectivity index (χ3n) is 7.71. The number of carbonyl (C=O) groups excluding carboxylic acids is 1. The largest absolute Gasteiger partial charge is 0.376 e. The standard InChI is InChI=1S/C23H29N9O2/c1-13-19(24)23(12-34-13)6-9-31(10-7-23)17-11-26-18-21(28-17)29-30-22(18)32-8-2-3-14-16(32)5-4-15(27-14)20(25)33/h4-5,11,13,19H,2-3,6-10,12,24H2,1H3,(H2,25,33)(H,28,29,30)/t13-,19+/m0/s1. The molecule has 6 heterocycles. The molecule has 3 aliphatic heterocycles. The number of fused-ring (bicyclic) bond motifs is 2. The number of pyridine rings is 1. The summed E-state index contributed by atoms with van der Waals surface area (Å²) in [6.07, 6.45) is 5.58. The zero-order valence-electron chi connectivity index (χ0n) is 19.2. The fraction of sp³-hybridized carbons (Fsp3) is 0.522. The molecule has 3 aliphatic rings. The summed E-state index contributed by atoms with van der Waals surface area (Å²) < 4.78 is 5.84. The van der Waals surface area contributed by atoms with Crippen LogP contribution < -0.4 is 21.3 Å². The molecule has 0 bridgehead atoms. The van der Waals surface area contributed by atoms with E-state index in [-0.39, 0.29) is 23.3 Å². The molecule has 2 fully saturated rings. The van der Waals surface area contributed by atoms with E-state index in [1.54, 1.807) is 6.07 Å². The minimum atomic E-state index is -0.524. The van der Waals surface area contributed by atoms with Crippen molar-refractivity contribution in [3.8, 4) is 0 Å². The van der Waals surface area contributed by atoms with E-state index in [0.717, 1.165) is 69.1 Å². The number of hydrogen-bond donors (Lipinski definition) is 3. The number of piperidine rings is 1. The van der Waals surface area contributed by atoms with Crippen LogP contribution in [0.3, 0.4) is 0 Å². The van der Waals surface area contributed by atoms with Gasteiger partial charge >= 0.3 is 0 Å². The van der Waals surface area contributed by atoms with Crippen molar-refractivity contribution in [3.05, 3.63) is 29.7 Å². The van der Waals surface area contributed by atoms with Gasteiger partial charge in [-0.25, -0.2) is 15.0 Å². The third kappa shape index (κ3) is 3.30. The monoisotopic (exact) mass is 463 g/mol. The predicted molar refractivity (Wildman–Crippen MR) is 127 cm³/mol. The summed E-state index contributed by atoms with van der Waals surface area (Å²) >= 11 is 0. The highest BCUT2D eigenvalue weighted by Gasteiger charge is 2.47. The van der Waals surface area contributed by atoms with E-state index in [2.05, 4.69) is 31.9 Å². The first kappa shape index (κ1) is 21.2. The van der Waals surface area contributed by atoms with Gasteiger partial charge in [0.25, 0.3) is 5.91 Å². The Morgan fingerprint density at radius 2 is 2.06 bits per heavy atom. The number of carbonyl (C=O) groups is 1. The van der Waals surface area contributed by atoms with Gasteiger partial charge < -0.3 is 26.0 Å². The lowest BCUT2D eigenvalue weighted by molar-refractivity contribution is 0.0974. The van der Waals surface area contributed by atoms with E-state index in [0.29, 0.717) is 17.0 Å². The Hall–Kier alpha value is -3.31. The highest BCUT2D eigenvalue weighted by atomic mass is 16.5. The summed E-state index contributed by atoms with van der Waals surface area (Å²) in [6.45, 7) is 5.33. The molecule has 5 N–H and O–H groups in total. The Labute approximate surface area is 196 Å². The van der Waals surface area contributed by atoms with Crippen molar-refractivity contribution in [2.45, 2.75) is 44.8 Å². The number of amides is 1. The Bertz CT molecular complexity index is 1250. The quantitative estimate of drug-likeness (QED) is 0.521. The summed E-state index contributed by atoms with van der Waals surface area (Å²) in [5.41, 5.74) is 15.3. The summed E-state index contributed by atoms with van der Waals surface area (Å²) in [5, 5.41) is 7.60. The van der Waals surface area contributed by atoms with E-state index < -0.39 is 5.91 Å². The number of hydrogen-bond acceptors (Lipinski definition) is 9. The molecule has 11 nitrogen and oxygen atoms in total. The van der Waals surface area contributed by atoms with Crippen LogP contribution in [0.1, 0.15) is 42.4 Å². The van der Waals surface area contributed by atoms with Gasteiger partial charge in [-0.15, -0.1) is 0 Å². The molecule has 2 saturated heterocycles. The first-order valence-electron chi connectivity index (χ1n) is 11.9. The minimum Gasteiger partial charge on any atom is -0.376 e. The summed E-state index contributed by atoms with van der Waals surface area (Å²) in [6, 6.07) is 3.62. The van der Waals surface area contributed by atoms with Crippen LogP contribution >= 0.6 is 0 Å². The molecule has 0 radical (unpaired) electrons. The van der Waals surface area contributed by atoms with Gasteiger partial charge in [0, 0.05) is 31.1 Å². The topological polar surface area (TPSA) is 152 Å². The van der Waals surface area contributed by atoms with Crippen molar-refractivity contribution >= 4 is 34.4 Å². The number of nitrogens with two attached hydrogens (primary N) is 2. The maximum atomic E-state index is 11.5. The van der Waals surface area contributed by atoms with E-state index in [1.807, 2.05) is 12.3 Å². The highest BCUT2D eigenvalue weighted by molar-refractivity contribution is 5.92. The first-order valence-corrected chi connectivity index (χ1v) is 11.9. The van der Waals surface area contributed by atoms with Gasteiger partial charge in [0.15, 0.2) is 17.0 Å². The van der Waals surface area contributed by atoms with Crippen LogP contribution in [0, 0.1) is 5.41 Å². The van der Waals surface area contributed by atoms with E-state index >= 15 is 0 Å². The Morgan fingerprint density at radius 1 is 1.24 bits per heavy atom. The molecule has 0 saturated carbocycles. The number of ether oxygens (including phenoxy) is 1. The predicted octanol–water partition coefficient (Wildman–Crippen LogP) is 1.26. The third-order valence-corrected chi connectivity index (χ3v) is 7.71. The molecule has 2 atom stereocenters. The molecular weight excluding hydrogens is 434 g/mol. The van der Waals surface area contributed by atoms with E-state index in [1.165, 1.54) is 0 Å². The Kier molecular flexibility index (Phi) is 4.92. The van der Waals surface area contributed by atoms with E-state index in [9.17, 15) is 4.79 Å². The smallest absolute Gasteiger partial charge is 0.267 e. The summed E-state index contributed by atoms with van der Waals surface area (Å²) in [5.74, 6) is 1.03. The fourth-order valence-corrected chi connectivity index (χ4v) is 5.58. The maximum absolute atomic E-state index is 11.5. The van der Waals surface area contributed by atoms with Gasteiger partial charge in [0.1, 0.15) is 11.5 Å². The van der Waals surface area contributed by atoms with Gasteiger partial charge in [-0.05, 0) is 44.7 Å². The average Bonchev–Trinajstić information content (AvgIpc) is 3.40. The zero-order valence-corrected chi connectivity index (χ0v) is 19.2. The average molecular weight is 464 g/mol. The number of H-pyrrole nitrogens is 1. The lowest BCUT2D eigenvalue weighted by Crippen LogP contribution is -2.50. The zero-order chi connectivity index (χ0) is 23.4. The van der Waals surface area contributed by atoms with Crippen molar-refractivity contribution in [2.24, 2.45) is 16.9 Å². The highest BCUT2D eigenvalue weighted by Crippen LogP contribution is 2.42. The number of nitrogens with one attached hydrogen (secondary N) is 1. The molecule has 1 spiro atoms. The normalized spacial score (nSPS) is 24.1. The fourth-order valence-electron chi connectivity index (χ4n) is 5.58. The van der Waals surface area contributed by atoms with Crippen LogP contribution in [0.25, 0.3) is 11.2 Å². The van der Waals surface area contributed by atoms with Gasteiger partial charge in [0.05, 0.1) is 30.3 Å². The number of aromatic amines is 1. The molecule has 0 aromatic carbocycles. The molecule has 34 heavy (non-hydrogen) atoms. The van der Waals surface area contributed by atoms with Crippen molar-refractivity contribution in [1.29, 1.82) is 0 Å². The van der Waals surface area contributed by atoms with Gasteiger partial charge in [-0.1, -0.05) is 0 Å². The number of aromatic nitrogens is 5. The van der Waals surface area contributed by atoms with Crippen molar-refractivity contribution in [2.75, 3.05) is 36.0 Å². The molecule has 11 heteroatoms. The second-order valence-corrected chi connectivity index (χ2v) is 9.65. The van der Waals surface area contributed by atoms with Crippen molar-refractivity contribution < 1.29 is 9.53 Å². The van der Waals surface area contributed by atoms with Gasteiger partial charge in [0.2, 0.25) is 0 Å². The molecule has 0 unspecified atom stereocenters. The Morgan fingerprint density at radius 3 is 2.79 bits per heavy atom. The first-order chi connectivity index (χ1) is 16.4. The summed E-state index contributed by atoms with van der Waals surface area (Å²) in [4.78, 5) is 29.9. The second-order valence-electron chi connectivity index (χ2n) is 9.65. The molecule has 3 aromatic heterocycles. The van der Waals surface area contributed by atoms with Gasteiger partial charge in [-0.2, -0.15) is 5.10 Å². The van der Waals surface area contributed by atoms with Gasteiger partial charge in [-0.3, -0.25) is 9.89 Å². The van der Waals surface area contributed by atoms with Crippen LogP contribution in [0.5, 0.6) is 0 Å². The van der Waals surface area contributed by atoms with Crippen LogP contribution in [0.4, 0.5) is 17.3 Å². The number of aryl methyl sites for hydroxylation is 1. The SMILES string of the molecule is C[C@@H]1OCC2(CCN(c3cnc4c(N5CCCc6nc(C(N)=O)ccc65)n[nH]c4n3)CC2)[C@@H]1N. The minimum absolute atomic E-state index is 0.0681. The molecule has 178 valence electrons. The molecule has 1 amide bonds. The lowest BCUT2D eigenvalue weighted by Gasteiger charge is -2.41. The molecule has 3 aromatic rings. The molecule has 0 aliphatic carbocycles. The second kappa shape index (κ2) is 7.88. The van der Waals surface area contributed by atoms with Crippen LogP contribution in [0.2, 0.25) is 0 Å². The molecule has 6 rings (SSSR count). The Balaban J connectivity index is 1.25. The number of nitrogens with zero attached hydrogens (tertiary/aromatic N) is 6. The number of primary amides is 1. The van der Waals surface area contributed by atoms with Crippen LogP contribution in [-0.2, 0) is 11.2 Å². The van der Waals surface area contributed by atoms with Crippen LogP contribution in [0.15, 0.2) is 18.3 Å². The van der Waals surface area contributed by atoms with Crippen LogP contribution in [-0.4, -0.2) is 69.4 Å². The molecular formula is C23H29N9O2. The maximum Gasteiger partial charge on any atom is 0.267 e. The number of anilines is 3. The summed E-state index contributed by atoms with van der Waals surface area (Å²) in [7, 11) is 0. The van der Waals surface area contributed by atoms with Crippen molar-refractivity contribution in [1.82, 2.24) is 25.1 Å². The lowest BCUT2D eigenvalue weighted by atomic mass is 9.73. The number of rotatable bonds is 3.